The topological polar surface area (TPSA) is 71.1 Å². The van der Waals surface area contributed by atoms with Crippen LogP contribution in [0.5, 0.6) is 11.5 Å². The summed E-state index contributed by atoms with van der Waals surface area (Å²) in [6, 6.07) is 4.48. The van der Waals surface area contributed by atoms with Crippen LogP contribution in [0.4, 0.5) is 0 Å². The molecular weight excluding hydrogens is 348 g/mol. The van der Waals surface area contributed by atoms with Crippen molar-refractivity contribution in [2.24, 2.45) is 5.41 Å². The minimum absolute atomic E-state index is 0.206. The molecule has 6 nitrogen and oxygen atoms in total. The fourth-order valence-electron chi connectivity index (χ4n) is 2.52. The molecule has 27 heavy (non-hydrogen) atoms. The van der Waals surface area contributed by atoms with Gasteiger partial charge in [0.25, 0.3) is 0 Å². The predicted molar refractivity (Wildman–Crippen MR) is 101 cm³/mol. The van der Waals surface area contributed by atoms with Crippen LogP contribution < -0.4 is 9.47 Å². The molecule has 1 unspecified atom stereocenters. The first-order valence-corrected chi connectivity index (χ1v) is 8.43. The van der Waals surface area contributed by atoms with E-state index in [1.54, 1.807) is 14.0 Å². The number of esters is 2. The molecule has 2 rings (SSSR count). The van der Waals surface area contributed by atoms with Crippen LogP contribution in [0.3, 0.4) is 0 Å². The quantitative estimate of drug-likeness (QED) is 0.412. The second-order valence-corrected chi connectivity index (χ2v) is 6.64. The number of hydrogen-bond donors (Lipinski definition) is 0. The first kappa shape index (κ1) is 20.3. The minimum atomic E-state index is -0.567. The van der Waals surface area contributed by atoms with Gasteiger partial charge in [-0.15, -0.1) is 0 Å². The van der Waals surface area contributed by atoms with Crippen LogP contribution in [-0.4, -0.2) is 32.8 Å². The summed E-state index contributed by atoms with van der Waals surface area (Å²) in [7, 11) is 3.04. The van der Waals surface area contributed by atoms with Gasteiger partial charge >= 0.3 is 11.9 Å². The van der Waals surface area contributed by atoms with Gasteiger partial charge in [0, 0.05) is 17.4 Å². The Bertz CT molecular complexity index is 805. The fraction of sp³-hybridized carbons (Fsp3) is 0.333. The summed E-state index contributed by atoms with van der Waals surface area (Å²) in [6.45, 7) is 7.27. The van der Waals surface area contributed by atoms with Crippen molar-refractivity contribution >= 4 is 11.9 Å². The lowest BCUT2D eigenvalue weighted by atomic mass is 9.84. The lowest BCUT2D eigenvalue weighted by molar-refractivity contribution is -0.130. The first-order chi connectivity index (χ1) is 12.8. The molecule has 0 amide bonds. The van der Waals surface area contributed by atoms with E-state index in [9.17, 15) is 9.59 Å². The second-order valence-electron chi connectivity index (χ2n) is 6.64. The third kappa shape index (κ3) is 5.23. The van der Waals surface area contributed by atoms with Gasteiger partial charge in [-0.3, -0.25) is 0 Å². The minimum Gasteiger partial charge on any atom is -0.501 e. The van der Waals surface area contributed by atoms with Gasteiger partial charge in [-0.25, -0.2) is 9.59 Å². The summed E-state index contributed by atoms with van der Waals surface area (Å²) in [6.07, 6.45) is 6.42. The highest BCUT2D eigenvalue weighted by Gasteiger charge is 2.27. The van der Waals surface area contributed by atoms with Crippen molar-refractivity contribution < 1.29 is 28.5 Å². The molecule has 0 radical (unpaired) electrons. The summed E-state index contributed by atoms with van der Waals surface area (Å²) in [4.78, 5) is 24.1. The summed E-state index contributed by atoms with van der Waals surface area (Å²) < 4.78 is 21.1. The van der Waals surface area contributed by atoms with E-state index < -0.39 is 11.9 Å². The van der Waals surface area contributed by atoms with Crippen LogP contribution >= 0.6 is 0 Å². The van der Waals surface area contributed by atoms with E-state index in [1.165, 1.54) is 25.3 Å². The molecular formula is C21H24O6. The maximum atomic E-state index is 12.4. The highest BCUT2D eigenvalue weighted by atomic mass is 16.6. The average Bonchev–Trinajstić information content (AvgIpc) is 2.66. The molecule has 0 saturated carbocycles. The number of methoxy groups -OCH3 is 2. The Morgan fingerprint density at radius 1 is 1.19 bits per heavy atom. The Balaban J connectivity index is 2.06. The normalized spacial score (nSPS) is 18.3. The number of benzene rings is 1. The smallest absolute Gasteiger partial charge is 0.338 e. The largest absolute Gasteiger partial charge is 0.501 e. The lowest BCUT2D eigenvalue weighted by Crippen LogP contribution is -2.25. The van der Waals surface area contributed by atoms with Crippen LogP contribution in [0.2, 0.25) is 0 Å². The summed E-state index contributed by atoms with van der Waals surface area (Å²) >= 11 is 0. The Hall–Kier alpha value is -3.02. The molecule has 1 aliphatic rings. The highest BCUT2D eigenvalue weighted by molar-refractivity contribution is 5.91. The zero-order valence-corrected chi connectivity index (χ0v) is 16.0. The Labute approximate surface area is 159 Å². The molecule has 0 aromatic heterocycles. The van der Waals surface area contributed by atoms with Gasteiger partial charge in [-0.2, -0.15) is 0 Å². The SMILES string of the molecule is C=C(C)C(=O)Oc1ccc(C(=O)OCC2(C)C=CC=C(OC)C2)cc1OC. The second kappa shape index (κ2) is 8.58. The van der Waals surface area contributed by atoms with Crippen molar-refractivity contribution in [2.75, 3.05) is 20.8 Å². The van der Waals surface area contributed by atoms with Gasteiger partial charge in [-0.05, 0) is 31.2 Å². The van der Waals surface area contributed by atoms with Gasteiger partial charge in [0.05, 0.1) is 25.5 Å². The van der Waals surface area contributed by atoms with E-state index in [2.05, 4.69) is 6.58 Å². The molecule has 0 saturated heterocycles. The van der Waals surface area contributed by atoms with Crippen molar-refractivity contribution in [2.45, 2.75) is 20.3 Å². The third-order valence-electron chi connectivity index (χ3n) is 4.10. The first-order valence-electron chi connectivity index (χ1n) is 8.43. The molecule has 144 valence electrons. The Kier molecular flexibility index (Phi) is 6.45. The van der Waals surface area contributed by atoms with Crippen molar-refractivity contribution in [3.63, 3.8) is 0 Å². The number of ether oxygens (including phenoxy) is 4. The Morgan fingerprint density at radius 2 is 1.93 bits per heavy atom. The molecule has 0 N–H and O–H groups in total. The summed E-state index contributed by atoms with van der Waals surface area (Å²) in [5.74, 6) is 0.241. The average molecular weight is 372 g/mol. The van der Waals surface area contributed by atoms with E-state index in [4.69, 9.17) is 18.9 Å². The molecule has 1 atom stereocenters. The van der Waals surface area contributed by atoms with E-state index >= 15 is 0 Å². The molecule has 0 spiro atoms. The molecule has 1 aromatic carbocycles. The maximum Gasteiger partial charge on any atom is 0.338 e. The molecule has 0 fully saturated rings. The van der Waals surface area contributed by atoms with Gasteiger partial charge in [-0.1, -0.05) is 25.7 Å². The van der Waals surface area contributed by atoms with E-state index in [0.29, 0.717) is 12.0 Å². The predicted octanol–water partition coefficient (Wildman–Crippen LogP) is 3.83. The van der Waals surface area contributed by atoms with Crippen LogP contribution in [0.15, 0.2) is 54.3 Å². The third-order valence-corrected chi connectivity index (χ3v) is 4.10. The van der Waals surface area contributed by atoms with Crippen LogP contribution in [0.25, 0.3) is 0 Å². The Morgan fingerprint density at radius 3 is 2.56 bits per heavy atom. The highest BCUT2D eigenvalue weighted by Crippen LogP contribution is 2.33. The van der Waals surface area contributed by atoms with Crippen LogP contribution in [0, 0.1) is 5.41 Å². The number of allylic oxidation sites excluding steroid dienone is 3. The molecule has 0 aliphatic heterocycles. The van der Waals surface area contributed by atoms with E-state index in [0.717, 1.165) is 5.76 Å². The molecule has 6 heteroatoms. The van der Waals surface area contributed by atoms with Gasteiger partial charge in [0.15, 0.2) is 11.5 Å². The number of rotatable bonds is 7. The zero-order chi connectivity index (χ0) is 20.0. The number of hydrogen-bond acceptors (Lipinski definition) is 6. The fourth-order valence-corrected chi connectivity index (χ4v) is 2.52. The number of carbonyl (C=O) groups excluding carboxylic acids is 2. The van der Waals surface area contributed by atoms with Gasteiger partial charge < -0.3 is 18.9 Å². The summed E-state index contributed by atoms with van der Waals surface area (Å²) in [5, 5.41) is 0. The zero-order valence-electron chi connectivity index (χ0n) is 16.0. The monoisotopic (exact) mass is 372 g/mol. The van der Waals surface area contributed by atoms with Gasteiger partial charge in [0.2, 0.25) is 0 Å². The molecule has 0 heterocycles. The maximum absolute atomic E-state index is 12.4. The lowest BCUT2D eigenvalue weighted by Gasteiger charge is -2.28. The van der Waals surface area contributed by atoms with Crippen molar-refractivity contribution in [3.05, 3.63) is 59.9 Å². The van der Waals surface area contributed by atoms with Gasteiger partial charge in [0.1, 0.15) is 6.61 Å². The van der Waals surface area contributed by atoms with Crippen molar-refractivity contribution in [3.8, 4) is 11.5 Å². The number of carbonyl (C=O) groups is 2. The standard InChI is InChI=1S/C21H24O6/c1-14(2)19(22)27-17-9-8-15(11-18(17)25-5)20(23)26-13-21(3)10-6-7-16(12-21)24-4/h6-11H,1,12-13H2,2-5H3. The van der Waals surface area contributed by atoms with E-state index in [-0.39, 0.29) is 29.1 Å². The van der Waals surface area contributed by atoms with Crippen molar-refractivity contribution in [1.29, 1.82) is 0 Å². The van der Waals surface area contributed by atoms with E-state index in [1.807, 2.05) is 25.2 Å². The molecule has 1 aromatic rings. The molecule has 1 aliphatic carbocycles. The van der Waals surface area contributed by atoms with Crippen molar-refractivity contribution in [1.82, 2.24) is 0 Å². The summed E-state index contributed by atoms with van der Waals surface area (Å²) in [5.41, 5.74) is 0.225. The molecule has 0 bridgehead atoms. The van der Waals surface area contributed by atoms with Crippen LogP contribution in [0.1, 0.15) is 30.6 Å². The van der Waals surface area contributed by atoms with Crippen LogP contribution in [-0.2, 0) is 14.3 Å².